The molecule has 0 heterocycles. The molecule has 30 heavy (non-hydrogen) atoms. The number of hydrogen-bond donors (Lipinski definition) is 1. The topological polar surface area (TPSA) is 77.0 Å². The summed E-state index contributed by atoms with van der Waals surface area (Å²) in [5, 5.41) is 3.92. The molecule has 0 bridgehead atoms. The highest BCUT2D eigenvalue weighted by Crippen LogP contribution is 2.20. The Hall–Kier alpha value is -3.45. The van der Waals surface area contributed by atoms with Crippen LogP contribution < -0.4 is 14.9 Å². The third-order valence-electron chi connectivity index (χ3n) is 4.02. The van der Waals surface area contributed by atoms with E-state index in [0.29, 0.717) is 27.1 Å². The summed E-state index contributed by atoms with van der Waals surface area (Å²) in [5.74, 6) is 0.161. The van der Waals surface area contributed by atoms with Gasteiger partial charge in [0.15, 0.2) is 6.61 Å². The Morgan fingerprint density at radius 3 is 2.60 bits per heavy atom. The van der Waals surface area contributed by atoms with Crippen molar-refractivity contribution in [2.75, 3.05) is 6.61 Å². The van der Waals surface area contributed by atoms with Crippen LogP contribution in [0.4, 0.5) is 0 Å². The quantitative estimate of drug-likeness (QED) is 0.240. The van der Waals surface area contributed by atoms with E-state index in [2.05, 4.69) is 26.5 Å². The molecule has 1 amide bonds. The number of ether oxygens (including phenoxy) is 2. The maximum atomic E-state index is 12.3. The minimum atomic E-state index is -0.474. The molecule has 0 atom stereocenters. The van der Waals surface area contributed by atoms with E-state index in [9.17, 15) is 9.59 Å². The Morgan fingerprint density at radius 1 is 1.03 bits per heavy atom. The predicted octanol–water partition coefficient (Wildman–Crippen LogP) is 4.51. The average Bonchev–Trinajstić information content (AvgIpc) is 2.74. The number of rotatable bonds is 7. The molecule has 0 saturated heterocycles. The normalized spacial score (nSPS) is 10.6. The summed E-state index contributed by atoms with van der Waals surface area (Å²) in [6.07, 6.45) is 1.46. The molecule has 3 rings (SSSR count). The van der Waals surface area contributed by atoms with Crippen molar-refractivity contribution >= 4 is 34.0 Å². The van der Waals surface area contributed by atoms with Crippen molar-refractivity contribution in [3.63, 3.8) is 0 Å². The Kier molecular flexibility index (Phi) is 7.34. The summed E-state index contributed by atoms with van der Waals surface area (Å²) in [4.78, 5) is 24.2. The van der Waals surface area contributed by atoms with Crippen LogP contribution in [-0.4, -0.2) is 24.7 Å². The summed E-state index contributed by atoms with van der Waals surface area (Å²) in [7, 11) is 0. The van der Waals surface area contributed by atoms with Crippen molar-refractivity contribution in [3.05, 3.63) is 94.0 Å². The number of halogens is 1. The lowest BCUT2D eigenvalue weighted by Crippen LogP contribution is -2.24. The number of amides is 1. The van der Waals surface area contributed by atoms with E-state index in [1.165, 1.54) is 6.21 Å². The van der Waals surface area contributed by atoms with Crippen LogP contribution in [0, 0.1) is 6.92 Å². The molecule has 0 aliphatic carbocycles. The first-order valence-electron chi connectivity index (χ1n) is 9.10. The second kappa shape index (κ2) is 10.4. The third-order valence-corrected chi connectivity index (χ3v) is 4.71. The lowest BCUT2D eigenvalue weighted by Gasteiger charge is -2.07. The summed E-state index contributed by atoms with van der Waals surface area (Å²) >= 11 is 3.33. The van der Waals surface area contributed by atoms with Crippen molar-refractivity contribution in [2.45, 2.75) is 6.92 Å². The van der Waals surface area contributed by atoms with Crippen LogP contribution in [0.5, 0.6) is 11.5 Å². The number of hydrogen-bond acceptors (Lipinski definition) is 5. The van der Waals surface area contributed by atoms with Crippen molar-refractivity contribution in [1.82, 2.24) is 5.43 Å². The molecule has 0 fully saturated rings. The van der Waals surface area contributed by atoms with Crippen LogP contribution in [0.15, 0.2) is 82.4 Å². The third kappa shape index (κ3) is 6.02. The van der Waals surface area contributed by atoms with Crippen molar-refractivity contribution < 1.29 is 19.1 Å². The largest absolute Gasteiger partial charge is 0.483 e. The molecule has 6 nitrogen and oxygen atoms in total. The van der Waals surface area contributed by atoms with Gasteiger partial charge in [0.25, 0.3) is 5.91 Å². The monoisotopic (exact) mass is 466 g/mol. The summed E-state index contributed by atoms with van der Waals surface area (Å²) in [6.45, 7) is 1.76. The molecule has 0 saturated carbocycles. The average molecular weight is 467 g/mol. The van der Waals surface area contributed by atoms with E-state index >= 15 is 0 Å². The van der Waals surface area contributed by atoms with E-state index in [1.807, 2.05) is 31.2 Å². The summed E-state index contributed by atoms with van der Waals surface area (Å²) < 4.78 is 11.5. The Balaban J connectivity index is 1.54. The number of aryl methyl sites for hydroxylation is 1. The Bertz CT molecular complexity index is 1080. The predicted molar refractivity (Wildman–Crippen MR) is 118 cm³/mol. The number of hydrazone groups is 1. The van der Waals surface area contributed by atoms with Gasteiger partial charge in [-0.1, -0.05) is 42.5 Å². The second-order valence-electron chi connectivity index (χ2n) is 6.29. The molecule has 0 spiro atoms. The molecular weight excluding hydrogens is 448 g/mol. The van der Waals surface area contributed by atoms with Gasteiger partial charge in [-0.05, 0) is 64.3 Å². The van der Waals surface area contributed by atoms with Gasteiger partial charge >= 0.3 is 5.97 Å². The van der Waals surface area contributed by atoms with Gasteiger partial charge in [-0.15, -0.1) is 0 Å². The number of esters is 1. The van der Waals surface area contributed by atoms with E-state index < -0.39 is 5.97 Å². The number of carbonyl (C=O) groups is 2. The van der Waals surface area contributed by atoms with Crippen LogP contribution in [-0.2, 0) is 4.79 Å². The van der Waals surface area contributed by atoms with Gasteiger partial charge in [-0.25, -0.2) is 10.2 Å². The molecule has 3 aromatic rings. The van der Waals surface area contributed by atoms with Gasteiger partial charge in [-0.2, -0.15) is 5.10 Å². The van der Waals surface area contributed by atoms with Gasteiger partial charge in [0.2, 0.25) is 0 Å². The number of benzene rings is 3. The van der Waals surface area contributed by atoms with Crippen molar-refractivity contribution in [1.29, 1.82) is 0 Å². The van der Waals surface area contributed by atoms with Crippen molar-refractivity contribution in [2.24, 2.45) is 5.10 Å². The SMILES string of the molecule is Cc1ccccc1OCC(=O)NN=Cc1cccc(OC(=O)c2ccccc2Br)c1. The van der Waals surface area contributed by atoms with E-state index in [0.717, 1.165) is 5.56 Å². The van der Waals surface area contributed by atoms with Crippen LogP contribution in [0.3, 0.4) is 0 Å². The maximum Gasteiger partial charge on any atom is 0.344 e. The lowest BCUT2D eigenvalue weighted by atomic mass is 10.2. The highest BCUT2D eigenvalue weighted by molar-refractivity contribution is 9.10. The molecule has 1 N–H and O–H groups in total. The fourth-order valence-corrected chi connectivity index (χ4v) is 2.97. The van der Waals surface area contributed by atoms with Gasteiger partial charge in [0.1, 0.15) is 11.5 Å². The summed E-state index contributed by atoms with van der Waals surface area (Å²) in [5.41, 5.74) is 4.44. The molecular formula is C23H19BrN2O4. The van der Waals surface area contributed by atoms with Gasteiger partial charge in [0.05, 0.1) is 11.8 Å². The van der Waals surface area contributed by atoms with E-state index in [1.54, 1.807) is 48.5 Å². The molecule has 3 aromatic carbocycles. The first kappa shape index (κ1) is 21.3. The Labute approximate surface area is 182 Å². The highest BCUT2D eigenvalue weighted by atomic mass is 79.9. The highest BCUT2D eigenvalue weighted by Gasteiger charge is 2.12. The molecule has 0 radical (unpaired) electrons. The van der Waals surface area contributed by atoms with Crippen LogP contribution in [0.2, 0.25) is 0 Å². The fourth-order valence-electron chi connectivity index (χ4n) is 2.52. The molecule has 152 valence electrons. The zero-order valence-corrected chi connectivity index (χ0v) is 17.8. The van der Waals surface area contributed by atoms with Crippen molar-refractivity contribution in [3.8, 4) is 11.5 Å². The zero-order valence-electron chi connectivity index (χ0n) is 16.2. The number of nitrogens with zero attached hydrogens (tertiary/aromatic N) is 1. The minimum absolute atomic E-state index is 0.147. The first-order chi connectivity index (χ1) is 14.5. The van der Waals surface area contributed by atoms with Crippen LogP contribution in [0.1, 0.15) is 21.5 Å². The number of carbonyl (C=O) groups excluding carboxylic acids is 2. The zero-order chi connectivity index (χ0) is 21.3. The number of nitrogens with one attached hydrogen (secondary N) is 1. The summed E-state index contributed by atoms with van der Waals surface area (Å²) in [6, 6.07) is 21.3. The molecule has 0 aliphatic rings. The molecule has 0 aromatic heterocycles. The van der Waals surface area contributed by atoms with Gasteiger partial charge < -0.3 is 9.47 Å². The second-order valence-corrected chi connectivity index (χ2v) is 7.14. The molecule has 0 aliphatic heterocycles. The number of para-hydroxylation sites is 1. The van der Waals surface area contributed by atoms with Crippen LogP contribution in [0.25, 0.3) is 0 Å². The van der Waals surface area contributed by atoms with E-state index in [4.69, 9.17) is 9.47 Å². The minimum Gasteiger partial charge on any atom is -0.483 e. The maximum absolute atomic E-state index is 12.3. The molecule has 7 heteroatoms. The van der Waals surface area contributed by atoms with Crippen LogP contribution >= 0.6 is 15.9 Å². The van der Waals surface area contributed by atoms with Gasteiger partial charge in [-0.3, -0.25) is 4.79 Å². The standard InChI is InChI=1S/C23H19BrN2O4/c1-16-7-2-5-12-21(16)29-15-22(27)26-25-14-17-8-6-9-18(13-17)30-23(28)19-10-3-4-11-20(19)24/h2-14H,15H2,1H3,(H,26,27). The van der Waals surface area contributed by atoms with E-state index in [-0.39, 0.29) is 12.5 Å². The fraction of sp³-hybridized carbons (Fsp3) is 0.0870. The first-order valence-corrected chi connectivity index (χ1v) is 9.89. The smallest absolute Gasteiger partial charge is 0.344 e. The Morgan fingerprint density at radius 2 is 1.80 bits per heavy atom. The molecule has 0 unspecified atom stereocenters. The lowest BCUT2D eigenvalue weighted by molar-refractivity contribution is -0.123. The van der Waals surface area contributed by atoms with Gasteiger partial charge in [0, 0.05) is 4.47 Å².